The van der Waals surface area contributed by atoms with E-state index in [1.54, 1.807) is 0 Å². The molecule has 13 heavy (non-hydrogen) atoms. The first-order valence-electron chi connectivity index (χ1n) is 4.53. The molecule has 0 N–H and O–H groups in total. The predicted molar refractivity (Wildman–Crippen MR) is 47.6 cm³/mol. The summed E-state index contributed by atoms with van der Waals surface area (Å²) in [5.74, 6) is 0. The fraction of sp³-hybridized carbons (Fsp3) is 1.00. The van der Waals surface area contributed by atoms with Crippen molar-refractivity contribution in [3.05, 3.63) is 0 Å². The summed E-state index contributed by atoms with van der Waals surface area (Å²) < 4.78 is 37.0. The van der Waals surface area contributed by atoms with E-state index >= 15 is 0 Å². The zero-order chi connectivity index (χ0) is 9.69. The zero-order valence-corrected chi connectivity index (χ0v) is 8.48. The minimum atomic E-state index is -3.19. The molecule has 1 atom stereocenters. The Kier molecular flexibility index (Phi) is 1.93. The summed E-state index contributed by atoms with van der Waals surface area (Å²) in [5, 5.41) is 0. The number of rotatable bonds is 1. The van der Waals surface area contributed by atoms with Gasteiger partial charge in [-0.05, 0) is 19.3 Å². The second kappa shape index (κ2) is 2.67. The number of nitrogens with zero attached hydrogens (tertiary/aromatic N) is 1. The van der Waals surface area contributed by atoms with Crippen LogP contribution in [0.3, 0.4) is 0 Å². The van der Waals surface area contributed by atoms with Gasteiger partial charge in [-0.25, -0.2) is 12.8 Å². The minimum Gasteiger partial charge on any atom is -0.245 e. The van der Waals surface area contributed by atoms with E-state index < -0.39 is 16.2 Å². The normalized spacial score (nSPS) is 33.5. The van der Waals surface area contributed by atoms with Crippen LogP contribution in [0.15, 0.2) is 0 Å². The van der Waals surface area contributed by atoms with Gasteiger partial charge in [0.1, 0.15) is 6.17 Å². The molecule has 1 spiro atoms. The van der Waals surface area contributed by atoms with Crippen LogP contribution in [0.4, 0.5) is 4.39 Å². The molecule has 0 amide bonds. The van der Waals surface area contributed by atoms with Crippen LogP contribution in [0.5, 0.6) is 0 Å². The fourth-order valence-electron chi connectivity index (χ4n) is 1.99. The van der Waals surface area contributed by atoms with Crippen LogP contribution in [0, 0.1) is 5.41 Å². The molecule has 1 aliphatic carbocycles. The van der Waals surface area contributed by atoms with Crippen molar-refractivity contribution in [2.45, 2.75) is 25.4 Å². The molecule has 3 nitrogen and oxygen atoms in total. The SMILES string of the molecule is CS(=O)(=O)N1CCC2(CC2)[C@@H](F)C1. The Balaban J connectivity index is 2.07. The molecule has 2 aliphatic rings. The lowest BCUT2D eigenvalue weighted by atomic mass is 9.93. The molecule has 0 unspecified atom stereocenters. The lowest BCUT2D eigenvalue weighted by Crippen LogP contribution is -2.45. The van der Waals surface area contributed by atoms with Gasteiger partial charge in [-0.3, -0.25) is 0 Å². The maximum Gasteiger partial charge on any atom is 0.211 e. The summed E-state index contributed by atoms with van der Waals surface area (Å²) in [7, 11) is -3.19. The van der Waals surface area contributed by atoms with Gasteiger partial charge in [0.25, 0.3) is 0 Å². The van der Waals surface area contributed by atoms with Crippen molar-refractivity contribution in [2.24, 2.45) is 5.41 Å². The topological polar surface area (TPSA) is 37.4 Å². The molecule has 1 aliphatic heterocycles. The third-order valence-electron chi connectivity index (χ3n) is 3.25. The van der Waals surface area contributed by atoms with Crippen molar-refractivity contribution in [2.75, 3.05) is 19.3 Å². The van der Waals surface area contributed by atoms with E-state index in [2.05, 4.69) is 0 Å². The number of sulfonamides is 1. The Bertz CT molecular complexity index is 310. The monoisotopic (exact) mass is 207 g/mol. The van der Waals surface area contributed by atoms with E-state index in [0.717, 1.165) is 19.1 Å². The number of hydrogen-bond acceptors (Lipinski definition) is 2. The second-order valence-electron chi connectivity index (χ2n) is 4.20. The Morgan fingerprint density at radius 3 is 2.38 bits per heavy atom. The van der Waals surface area contributed by atoms with Gasteiger partial charge in [-0.2, -0.15) is 4.31 Å². The molecule has 0 aromatic heterocycles. The number of piperidine rings is 1. The Hall–Kier alpha value is -0.160. The van der Waals surface area contributed by atoms with Gasteiger partial charge < -0.3 is 0 Å². The van der Waals surface area contributed by atoms with Crippen LogP contribution in [0.25, 0.3) is 0 Å². The number of alkyl halides is 1. The van der Waals surface area contributed by atoms with Crippen molar-refractivity contribution in [3.63, 3.8) is 0 Å². The molecule has 0 aromatic carbocycles. The summed E-state index contributed by atoms with van der Waals surface area (Å²) in [6.45, 7) is 0.568. The minimum absolute atomic E-state index is 0.0683. The van der Waals surface area contributed by atoms with Crippen molar-refractivity contribution in [3.8, 4) is 0 Å². The van der Waals surface area contributed by atoms with Crippen molar-refractivity contribution < 1.29 is 12.8 Å². The van der Waals surface area contributed by atoms with Crippen LogP contribution in [0.1, 0.15) is 19.3 Å². The van der Waals surface area contributed by atoms with E-state index in [9.17, 15) is 12.8 Å². The third-order valence-corrected chi connectivity index (χ3v) is 4.52. The standard InChI is InChI=1S/C8H14FNO2S/c1-13(11,12)10-5-4-8(2-3-8)7(9)6-10/h7H,2-6H2,1H3/t7-/m0/s1. The Morgan fingerprint density at radius 2 is 2.00 bits per heavy atom. The highest BCUT2D eigenvalue weighted by Gasteiger charge is 2.53. The molecule has 5 heteroatoms. The lowest BCUT2D eigenvalue weighted by Gasteiger charge is -2.33. The molecular formula is C8H14FNO2S. The van der Waals surface area contributed by atoms with E-state index in [1.807, 2.05) is 0 Å². The first-order chi connectivity index (χ1) is 5.94. The van der Waals surface area contributed by atoms with Crippen molar-refractivity contribution in [1.82, 2.24) is 4.31 Å². The Labute approximate surface area is 78.0 Å². The molecular weight excluding hydrogens is 193 g/mol. The van der Waals surface area contributed by atoms with Gasteiger partial charge in [0.2, 0.25) is 10.0 Å². The maximum absolute atomic E-state index is 13.5. The average molecular weight is 207 g/mol. The number of halogens is 1. The van der Waals surface area contributed by atoms with Gasteiger partial charge in [0, 0.05) is 18.5 Å². The van der Waals surface area contributed by atoms with E-state index in [-0.39, 0.29) is 12.0 Å². The van der Waals surface area contributed by atoms with E-state index in [1.165, 1.54) is 4.31 Å². The fourth-order valence-corrected chi connectivity index (χ4v) is 2.82. The molecule has 1 saturated carbocycles. The molecule has 1 heterocycles. The smallest absolute Gasteiger partial charge is 0.211 e. The average Bonchev–Trinajstić information content (AvgIpc) is 2.74. The highest BCUT2D eigenvalue weighted by molar-refractivity contribution is 7.88. The van der Waals surface area contributed by atoms with Gasteiger partial charge in [-0.1, -0.05) is 0 Å². The quantitative estimate of drug-likeness (QED) is 0.637. The molecule has 0 radical (unpaired) electrons. The predicted octanol–water partition coefficient (Wildman–Crippen LogP) is 0.770. The van der Waals surface area contributed by atoms with E-state index in [0.29, 0.717) is 13.0 Å². The summed E-state index contributed by atoms with van der Waals surface area (Å²) in [6, 6.07) is 0. The molecule has 0 aromatic rings. The van der Waals surface area contributed by atoms with Crippen LogP contribution < -0.4 is 0 Å². The molecule has 2 rings (SSSR count). The van der Waals surface area contributed by atoms with E-state index in [4.69, 9.17) is 0 Å². The van der Waals surface area contributed by atoms with Gasteiger partial charge in [-0.15, -0.1) is 0 Å². The molecule has 1 saturated heterocycles. The first-order valence-corrected chi connectivity index (χ1v) is 6.38. The zero-order valence-electron chi connectivity index (χ0n) is 7.66. The third kappa shape index (κ3) is 1.59. The lowest BCUT2D eigenvalue weighted by molar-refractivity contribution is 0.116. The van der Waals surface area contributed by atoms with Crippen molar-refractivity contribution in [1.29, 1.82) is 0 Å². The first kappa shape index (κ1) is 9.40. The van der Waals surface area contributed by atoms with Gasteiger partial charge in [0.15, 0.2) is 0 Å². The summed E-state index contributed by atoms with van der Waals surface area (Å²) >= 11 is 0. The van der Waals surface area contributed by atoms with Gasteiger partial charge >= 0.3 is 0 Å². The van der Waals surface area contributed by atoms with Crippen LogP contribution >= 0.6 is 0 Å². The van der Waals surface area contributed by atoms with Crippen molar-refractivity contribution >= 4 is 10.0 Å². The van der Waals surface area contributed by atoms with Crippen LogP contribution in [-0.2, 0) is 10.0 Å². The largest absolute Gasteiger partial charge is 0.245 e. The Morgan fingerprint density at radius 1 is 1.38 bits per heavy atom. The maximum atomic E-state index is 13.5. The van der Waals surface area contributed by atoms with Crippen LogP contribution in [0.2, 0.25) is 0 Å². The molecule has 2 fully saturated rings. The second-order valence-corrected chi connectivity index (χ2v) is 6.18. The highest BCUT2D eigenvalue weighted by Crippen LogP contribution is 2.55. The highest BCUT2D eigenvalue weighted by atomic mass is 32.2. The summed E-state index contributed by atoms with van der Waals surface area (Å²) in [4.78, 5) is 0. The summed E-state index contributed by atoms with van der Waals surface area (Å²) in [6.07, 6.45) is 2.76. The number of hydrogen-bond donors (Lipinski definition) is 0. The summed E-state index contributed by atoms with van der Waals surface area (Å²) in [5.41, 5.74) is -0.138. The van der Waals surface area contributed by atoms with Gasteiger partial charge in [0.05, 0.1) is 6.26 Å². The molecule has 0 bridgehead atoms. The molecule has 76 valence electrons. The van der Waals surface area contributed by atoms with Crippen LogP contribution in [-0.4, -0.2) is 38.2 Å².